The summed E-state index contributed by atoms with van der Waals surface area (Å²) in [6.07, 6.45) is 9.87. The van der Waals surface area contributed by atoms with Gasteiger partial charge in [0.05, 0.1) is 0 Å². The molecule has 0 saturated heterocycles. The third-order valence-electron chi connectivity index (χ3n) is 1.95. The fourth-order valence-electron chi connectivity index (χ4n) is 1.51. The van der Waals surface area contributed by atoms with E-state index in [0.29, 0.717) is 0 Å². The molecule has 0 aliphatic heterocycles. The Bertz CT molecular complexity index is 95.0. The molecule has 1 saturated carbocycles. The molecule has 0 spiro atoms. The summed E-state index contributed by atoms with van der Waals surface area (Å²) >= 11 is 0. The van der Waals surface area contributed by atoms with Gasteiger partial charge in [0.1, 0.15) is 0 Å². The van der Waals surface area contributed by atoms with Gasteiger partial charge in [-0.05, 0) is 0 Å². The van der Waals surface area contributed by atoms with Crippen molar-refractivity contribution >= 4 is 0 Å². The van der Waals surface area contributed by atoms with Crippen LogP contribution in [0.5, 0.6) is 0 Å². The topological polar surface area (TPSA) is 0 Å². The van der Waals surface area contributed by atoms with Crippen LogP contribution in [0.4, 0.5) is 0 Å². The standard InChI is InChI=1S/C7H9.Li/c1-2-7-4-3-6(1)5-7;/h1-3,6-7H,4-5H2;/q-1;+1. The monoisotopic (exact) mass is 100 g/mol. The molecule has 2 aliphatic rings. The molecule has 0 N–H and O–H groups in total. The van der Waals surface area contributed by atoms with Gasteiger partial charge in [-0.3, -0.25) is 0 Å². The normalized spacial score (nSPS) is 40.0. The molecule has 1 heteroatoms. The minimum Gasteiger partial charge on any atom is -0.321 e. The summed E-state index contributed by atoms with van der Waals surface area (Å²) in [5.74, 6) is 1.80. The van der Waals surface area contributed by atoms with E-state index >= 15 is 0 Å². The SMILES string of the molecule is C1=CC2C[CH-]C1C2.[Li+]. The summed E-state index contributed by atoms with van der Waals surface area (Å²) < 4.78 is 0. The molecule has 0 aromatic rings. The van der Waals surface area contributed by atoms with Crippen molar-refractivity contribution in [2.24, 2.45) is 11.8 Å². The summed E-state index contributed by atoms with van der Waals surface area (Å²) in [6, 6.07) is 0. The number of allylic oxidation sites excluding steroid dienone is 2. The second-order valence-corrected chi connectivity index (χ2v) is 2.52. The fraction of sp³-hybridized carbons (Fsp3) is 0.571. The van der Waals surface area contributed by atoms with Crippen LogP contribution in [0.1, 0.15) is 12.8 Å². The van der Waals surface area contributed by atoms with E-state index in [1.807, 2.05) is 0 Å². The van der Waals surface area contributed by atoms with Crippen molar-refractivity contribution in [3.05, 3.63) is 18.6 Å². The first-order chi connectivity index (χ1) is 3.45. The van der Waals surface area contributed by atoms with Crippen molar-refractivity contribution in [3.8, 4) is 0 Å². The number of rotatable bonds is 0. The molecule has 38 valence electrons. The Labute approximate surface area is 62.5 Å². The predicted octanol–water partition coefficient (Wildman–Crippen LogP) is -1.21. The number of fused-ring (bicyclic) bond motifs is 2. The van der Waals surface area contributed by atoms with Gasteiger partial charge in [0.15, 0.2) is 0 Å². The average Bonchev–Trinajstić information content (AvgIpc) is 2.22. The largest absolute Gasteiger partial charge is 1.00 e. The smallest absolute Gasteiger partial charge is 0.321 e. The van der Waals surface area contributed by atoms with Gasteiger partial charge in [-0.1, -0.05) is 18.4 Å². The summed E-state index contributed by atoms with van der Waals surface area (Å²) in [5.41, 5.74) is 0. The van der Waals surface area contributed by atoms with Crippen LogP contribution in [0.3, 0.4) is 0 Å². The van der Waals surface area contributed by atoms with E-state index in [9.17, 15) is 0 Å². The quantitative estimate of drug-likeness (QED) is 0.203. The molecule has 0 aromatic carbocycles. The average molecular weight is 100 g/mol. The zero-order valence-electron chi connectivity index (χ0n) is 5.30. The summed E-state index contributed by atoms with van der Waals surface area (Å²) in [6.45, 7) is 0. The zero-order valence-corrected chi connectivity index (χ0v) is 5.30. The van der Waals surface area contributed by atoms with Crippen LogP contribution in [0.25, 0.3) is 0 Å². The fourth-order valence-corrected chi connectivity index (χ4v) is 1.51. The van der Waals surface area contributed by atoms with Crippen molar-refractivity contribution in [2.45, 2.75) is 12.8 Å². The molecule has 2 aliphatic carbocycles. The van der Waals surface area contributed by atoms with Crippen LogP contribution in [0.15, 0.2) is 12.2 Å². The van der Waals surface area contributed by atoms with E-state index in [1.54, 1.807) is 0 Å². The molecule has 2 rings (SSSR count). The maximum Gasteiger partial charge on any atom is 1.00 e. The molecule has 2 bridgehead atoms. The molecule has 0 amide bonds. The zero-order chi connectivity index (χ0) is 4.69. The van der Waals surface area contributed by atoms with Gasteiger partial charge in [-0.2, -0.15) is 6.42 Å². The van der Waals surface area contributed by atoms with Crippen molar-refractivity contribution in [1.29, 1.82) is 0 Å². The Balaban J connectivity index is 0.000000320. The van der Waals surface area contributed by atoms with Crippen molar-refractivity contribution < 1.29 is 18.9 Å². The van der Waals surface area contributed by atoms with Crippen LogP contribution in [-0.4, -0.2) is 0 Å². The molecule has 1 fully saturated rings. The van der Waals surface area contributed by atoms with Crippen LogP contribution in [0.2, 0.25) is 0 Å². The van der Waals surface area contributed by atoms with Crippen LogP contribution in [-0.2, 0) is 0 Å². The van der Waals surface area contributed by atoms with Crippen LogP contribution < -0.4 is 18.9 Å². The molecule has 0 radical (unpaired) electrons. The molecule has 8 heavy (non-hydrogen) atoms. The van der Waals surface area contributed by atoms with Gasteiger partial charge in [0.2, 0.25) is 0 Å². The Morgan fingerprint density at radius 3 is 2.38 bits per heavy atom. The Morgan fingerprint density at radius 1 is 1.38 bits per heavy atom. The van der Waals surface area contributed by atoms with Gasteiger partial charge in [-0.15, -0.1) is 12.0 Å². The Hall–Kier alpha value is 0.337. The van der Waals surface area contributed by atoms with E-state index in [-0.39, 0.29) is 18.9 Å². The maximum absolute atomic E-state index is 2.42. The molecule has 0 aromatic heterocycles. The van der Waals surface area contributed by atoms with Gasteiger partial charge in [0, 0.05) is 0 Å². The Kier molecular flexibility index (Phi) is 1.85. The third-order valence-corrected chi connectivity index (χ3v) is 1.95. The molecule has 0 heterocycles. The van der Waals surface area contributed by atoms with Crippen LogP contribution in [0, 0.1) is 18.3 Å². The second-order valence-electron chi connectivity index (χ2n) is 2.52. The molecule has 2 unspecified atom stereocenters. The first-order valence-electron chi connectivity index (χ1n) is 2.97. The van der Waals surface area contributed by atoms with E-state index in [0.717, 1.165) is 11.8 Å². The van der Waals surface area contributed by atoms with E-state index in [4.69, 9.17) is 0 Å². The Morgan fingerprint density at radius 2 is 2.25 bits per heavy atom. The van der Waals surface area contributed by atoms with E-state index < -0.39 is 0 Å². The first-order valence-corrected chi connectivity index (χ1v) is 2.97. The maximum atomic E-state index is 2.42. The van der Waals surface area contributed by atoms with Gasteiger partial charge < -0.3 is 6.42 Å². The third kappa shape index (κ3) is 0.878. The van der Waals surface area contributed by atoms with Crippen molar-refractivity contribution in [1.82, 2.24) is 0 Å². The molecular weight excluding hydrogens is 91.0 g/mol. The summed E-state index contributed by atoms with van der Waals surface area (Å²) in [4.78, 5) is 0. The van der Waals surface area contributed by atoms with Crippen molar-refractivity contribution in [3.63, 3.8) is 0 Å². The number of hydrogen-bond acceptors (Lipinski definition) is 0. The molecular formula is C7H9Li. The van der Waals surface area contributed by atoms with E-state index in [1.165, 1.54) is 12.8 Å². The summed E-state index contributed by atoms with van der Waals surface area (Å²) in [7, 11) is 0. The van der Waals surface area contributed by atoms with Crippen LogP contribution >= 0.6 is 0 Å². The summed E-state index contributed by atoms with van der Waals surface area (Å²) in [5, 5.41) is 0. The van der Waals surface area contributed by atoms with Gasteiger partial charge in [-0.25, -0.2) is 0 Å². The minimum absolute atomic E-state index is 0. The molecule has 2 atom stereocenters. The molecule has 0 nitrogen and oxygen atoms in total. The van der Waals surface area contributed by atoms with E-state index in [2.05, 4.69) is 18.6 Å². The van der Waals surface area contributed by atoms with Crippen molar-refractivity contribution in [2.75, 3.05) is 0 Å². The first kappa shape index (κ1) is 6.46. The number of hydrogen-bond donors (Lipinski definition) is 0. The predicted molar refractivity (Wildman–Crippen MR) is 29.7 cm³/mol. The van der Waals surface area contributed by atoms with Gasteiger partial charge >= 0.3 is 18.9 Å². The second kappa shape index (κ2) is 2.29. The van der Waals surface area contributed by atoms with Gasteiger partial charge in [0.25, 0.3) is 0 Å². The minimum atomic E-state index is 0.